The van der Waals surface area contributed by atoms with Gasteiger partial charge in [0, 0.05) is 21.4 Å². The summed E-state index contributed by atoms with van der Waals surface area (Å²) in [7, 11) is 0. The quantitative estimate of drug-likeness (QED) is 0.396. The SMILES string of the molecule is Cc1sc(C)c(C(O)NC2CCC(C(=O)O)CC2)c1Cc1ccc(-c2ccccc2)cc1. The van der Waals surface area contributed by atoms with Gasteiger partial charge in [0.05, 0.1) is 5.92 Å². The third-order valence-electron chi connectivity index (χ3n) is 6.62. The first-order chi connectivity index (χ1) is 15.4. The Morgan fingerprint density at radius 2 is 1.59 bits per heavy atom. The van der Waals surface area contributed by atoms with Crippen LogP contribution in [0.2, 0.25) is 0 Å². The van der Waals surface area contributed by atoms with Crippen molar-refractivity contribution in [3.05, 3.63) is 81.0 Å². The summed E-state index contributed by atoms with van der Waals surface area (Å²) >= 11 is 1.73. The fourth-order valence-electron chi connectivity index (χ4n) is 4.79. The predicted octanol–water partition coefficient (Wildman–Crippen LogP) is 5.85. The van der Waals surface area contributed by atoms with Crippen LogP contribution in [0.15, 0.2) is 54.6 Å². The zero-order valence-corrected chi connectivity index (χ0v) is 19.5. The number of aliphatic hydroxyl groups excluding tert-OH is 1. The van der Waals surface area contributed by atoms with E-state index in [0.717, 1.165) is 29.7 Å². The molecule has 1 fully saturated rings. The first-order valence-electron chi connectivity index (χ1n) is 11.3. The summed E-state index contributed by atoms with van der Waals surface area (Å²) < 4.78 is 0. The van der Waals surface area contributed by atoms with Crippen molar-refractivity contribution in [3.63, 3.8) is 0 Å². The van der Waals surface area contributed by atoms with Gasteiger partial charge in [0.2, 0.25) is 0 Å². The average molecular weight is 450 g/mol. The second-order valence-electron chi connectivity index (χ2n) is 8.80. The van der Waals surface area contributed by atoms with Gasteiger partial charge in [-0.2, -0.15) is 0 Å². The van der Waals surface area contributed by atoms with Crippen molar-refractivity contribution >= 4 is 17.3 Å². The molecule has 1 heterocycles. The average Bonchev–Trinajstić information content (AvgIpc) is 3.08. The molecule has 0 bridgehead atoms. The van der Waals surface area contributed by atoms with Gasteiger partial charge in [0.1, 0.15) is 6.23 Å². The summed E-state index contributed by atoms with van der Waals surface area (Å²) in [5.41, 5.74) is 5.81. The molecule has 4 rings (SSSR count). The van der Waals surface area contributed by atoms with Gasteiger partial charge >= 0.3 is 5.97 Å². The molecule has 0 radical (unpaired) electrons. The number of benzene rings is 2. The Labute approximate surface area is 193 Å². The molecule has 0 aliphatic heterocycles. The molecule has 5 heteroatoms. The number of carbonyl (C=O) groups is 1. The van der Waals surface area contributed by atoms with E-state index in [9.17, 15) is 15.0 Å². The van der Waals surface area contributed by atoms with Crippen LogP contribution in [0.25, 0.3) is 11.1 Å². The lowest BCUT2D eigenvalue weighted by Crippen LogP contribution is -2.37. The minimum atomic E-state index is -0.732. The molecule has 2 aromatic carbocycles. The highest BCUT2D eigenvalue weighted by atomic mass is 32.1. The van der Waals surface area contributed by atoms with E-state index >= 15 is 0 Å². The molecule has 0 saturated heterocycles. The Bertz CT molecular complexity index is 1050. The maximum absolute atomic E-state index is 11.2. The van der Waals surface area contributed by atoms with Crippen molar-refractivity contribution in [1.82, 2.24) is 5.32 Å². The summed E-state index contributed by atoms with van der Waals surface area (Å²) in [6, 6.07) is 19.2. The van der Waals surface area contributed by atoms with Gasteiger partial charge in [-0.05, 0) is 68.2 Å². The molecule has 1 aliphatic rings. The lowest BCUT2D eigenvalue weighted by Gasteiger charge is -2.29. The molecular weight excluding hydrogens is 418 g/mol. The highest BCUT2D eigenvalue weighted by molar-refractivity contribution is 7.12. The number of carboxylic acids is 1. The fraction of sp³-hybridized carbons (Fsp3) is 0.370. The smallest absolute Gasteiger partial charge is 0.306 e. The van der Waals surface area contributed by atoms with Gasteiger partial charge < -0.3 is 10.2 Å². The number of rotatable bonds is 7. The molecule has 0 spiro atoms. The number of hydrogen-bond donors (Lipinski definition) is 3. The van der Waals surface area contributed by atoms with Crippen LogP contribution in [0.3, 0.4) is 0 Å². The van der Waals surface area contributed by atoms with Crippen molar-refractivity contribution in [2.75, 3.05) is 0 Å². The maximum Gasteiger partial charge on any atom is 0.306 e. The van der Waals surface area contributed by atoms with E-state index < -0.39 is 12.2 Å². The standard InChI is InChI=1S/C27H31NO3S/c1-17-24(16-19-8-10-21(11-9-19)20-6-4-3-5-7-20)25(18(2)32-17)26(29)28-23-14-12-22(13-15-23)27(30)31/h3-11,22-23,26,28-29H,12-16H2,1-2H3,(H,30,31). The number of aliphatic hydroxyl groups is 1. The number of carboxylic acid groups (broad SMARTS) is 1. The van der Waals surface area contributed by atoms with Gasteiger partial charge in [-0.15, -0.1) is 11.3 Å². The lowest BCUT2D eigenvalue weighted by molar-refractivity contribution is -0.142. The van der Waals surface area contributed by atoms with E-state index in [-0.39, 0.29) is 12.0 Å². The number of aryl methyl sites for hydroxylation is 2. The maximum atomic E-state index is 11.2. The lowest BCUT2D eigenvalue weighted by atomic mass is 9.86. The van der Waals surface area contributed by atoms with Crippen molar-refractivity contribution in [2.45, 2.75) is 58.2 Å². The summed E-state index contributed by atoms with van der Waals surface area (Å²) in [5.74, 6) is -0.946. The summed E-state index contributed by atoms with van der Waals surface area (Å²) in [6.45, 7) is 4.20. The van der Waals surface area contributed by atoms with Crippen LogP contribution in [0.5, 0.6) is 0 Å². The van der Waals surface area contributed by atoms with Crippen LogP contribution in [0.4, 0.5) is 0 Å². The highest BCUT2D eigenvalue weighted by Gasteiger charge is 2.28. The second-order valence-corrected chi connectivity index (χ2v) is 10.2. The van der Waals surface area contributed by atoms with Gasteiger partial charge in [-0.25, -0.2) is 0 Å². The van der Waals surface area contributed by atoms with E-state index in [1.807, 2.05) is 6.07 Å². The second kappa shape index (κ2) is 9.99. The highest BCUT2D eigenvalue weighted by Crippen LogP contribution is 2.35. The molecule has 3 N–H and O–H groups in total. The fourth-order valence-corrected chi connectivity index (χ4v) is 5.90. The van der Waals surface area contributed by atoms with Crippen LogP contribution in [0, 0.1) is 19.8 Å². The number of thiophene rings is 1. The van der Waals surface area contributed by atoms with Crippen LogP contribution in [-0.2, 0) is 11.2 Å². The summed E-state index contributed by atoms with van der Waals surface area (Å²) in [4.78, 5) is 13.6. The largest absolute Gasteiger partial charge is 0.481 e. The Hall–Kier alpha value is -2.47. The van der Waals surface area contributed by atoms with E-state index in [0.29, 0.717) is 12.8 Å². The molecular formula is C27H31NO3S. The first kappa shape index (κ1) is 22.7. The Morgan fingerprint density at radius 1 is 0.969 bits per heavy atom. The summed E-state index contributed by atoms with van der Waals surface area (Å²) in [6.07, 6.45) is 2.96. The third-order valence-corrected chi connectivity index (χ3v) is 7.70. The topological polar surface area (TPSA) is 69.6 Å². The van der Waals surface area contributed by atoms with Crippen LogP contribution in [0.1, 0.15) is 58.4 Å². The zero-order chi connectivity index (χ0) is 22.7. The van der Waals surface area contributed by atoms with E-state index in [4.69, 9.17) is 0 Å². The van der Waals surface area contributed by atoms with Gasteiger partial charge in [0.25, 0.3) is 0 Å². The zero-order valence-electron chi connectivity index (χ0n) is 18.7. The molecule has 0 amide bonds. The van der Waals surface area contributed by atoms with Crippen molar-refractivity contribution < 1.29 is 15.0 Å². The first-order valence-corrected chi connectivity index (χ1v) is 12.1. The summed E-state index contributed by atoms with van der Waals surface area (Å²) in [5, 5.41) is 23.7. The Morgan fingerprint density at radius 3 is 2.22 bits per heavy atom. The molecule has 32 heavy (non-hydrogen) atoms. The third kappa shape index (κ3) is 5.12. The number of nitrogens with one attached hydrogen (secondary N) is 1. The van der Waals surface area contributed by atoms with Crippen LogP contribution < -0.4 is 5.32 Å². The van der Waals surface area contributed by atoms with E-state index in [1.165, 1.54) is 27.1 Å². The van der Waals surface area contributed by atoms with Crippen LogP contribution in [-0.4, -0.2) is 22.2 Å². The molecule has 4 nitrogen and oxygen atoms in total. The Balaban J connectivity index is 1.47. The van der Waals surface area contributed by atoms with Gasteiger partial charge in [-0.3, -0.25) is 10.1 Å². The van der Waals surface area contributed by atoms with Crippen molar-refractivity contribution in [3.8, 4) is 11.1 Å². The minimum Gasteiger partial charge on any atom is -0.481 e. The molecule has 1 unspecified atom stereocenters. The molecule has 1 atom stereocenters. The predicted molar refractivity (Wildman–Crippen MR) is 130 cm³/mol. The molecule has 1 saturated carbocycles. The molecule has 1 aromatic heterocycles. The van der Waals surface area contributed by atoms with Gasteiger partial charge in [-0.1, -0.05) is 54.6 Å². The van der Waals surface area contributed by atoms with E-state index in [2.05, 4.69) is 67.7 Å². The number of hydrogen-bond acceptors (Lipinski definition) is 4. The van der Waals surface area contributed by atoms with Crippen molar-refractivity contribution in [1.29, 1.82) is 0 Å². The molecule has 1 aliphatic carbocycles. The van der Waals surface area contributed by atoms with Crippen LogP contribution >= 0.6 is 11.3 Å². The van der Waals surface area contributed by atoms with E-state index in [1.54, 1.807) is 11.3 Å². The monoisotopic (exact) mass is 449 g/mol. The van der Waals surface area contributed by atoms with Crippen molar-refractivity contribution in [2.24, 2.45) is 5.92 Å². The molecule has 3 aromatic rings. The normalized spacial score (nSPS) is 19.6. The minimum absolute atomic E-state index is 0.151. The molecule has 168 valence electrons. The number of aliphatic carboxylic acids is 1. The Kier molecular flexibility index (Phi) is 7.09. The van der Waals surface area contributed by atoms with Gasteiger partial charge in [0.15, 0.2) is 0 Å².